The van der Waals surface area contributed by atoms with E-state index in [-0.39, 0.29) is 18.5 Å². The fourth-order valence-electron chi connectivity index (χ4n) is 4.31. The third-order valence-electron chi connectivity index (χ3n) is 5.96. The van der Waals surface area contributed by atoms with Gasteiger partial charge in [-0.3, -0.25) is 4.79 Å². The molecular formula is C21H29N3O3. The van der Waals surface area contributed by atoms with E-state index < -0.39 is 0 Å². The number of likely N-dealkylation sites (tertiary alicyclic amines) is 1. The van der Waals surface area contributed by atoms with Crippen LogP contribution >= 0.6 is 0 Å². The number of amides is 3. The van der Waals surface area contributed by atoms with Gasteiger partial charge >= 0.3 is 6.03 Å². The van der Waals surface area contributed by atoms with Crippen molar-refractivity contribution in [3.05, 3.63) is 29.3 Å². The molecule has 0 spiro atoms. The highest BCUT2D eigenvalue weighted by molar-refractivity contribution is 5.79. The summed E-state index contributed by atoms with van der Waals surface area (Å²) in [6.07, 6.45) is 6.88. The SMILES string of the molecule is O=C(COc1ccc2c(c1)CCC2)N1CCN(C(=O)N2CCCCC2)CC1. The lowest BCUT2D eigenvalue weighted by molar-refractivity contribution is -0.134. The van der Waals surface area contributed by atoms with Gasteiger partial charge in [0.25, 0.3) is 5.91 Å². The largest absolute Gasteiger partial charge is 0.484 e. The van der Waals surface area contributed by atoms with Gasteiger partial charge in [-0.05, 0) is 61.8 Å². The minimum atomic E-state index is 0.000528. The number of hydrogen-bond donors (Lipinski definition) is 0. The first-order valence-corrected chi connectivity index (χ1v) is 10.3. The van der Waals surface area contributed by atoms with Crippen LogP contribution in [0, 0.1) is 0 Å². The number of hydrogen-bond acceptors (Lipinski definition) is 3. The number of piperazine rings is 1. The van der Waals surface area contributed by atoms with Crippen LogP contribution in [0.15, 0.2) is 18.2 Å². The first-order valence-electron chi connectivity index (χ1n) is 10.3. The first kappa shape index (κ1) is 18.1. The maximum Gasteiger partial charge on any atom is 0.320 e. The molecule has 27 heavy (non-hydrogen) atoms. The maximum absolute atomic E-state index is 12.6. The molecule has 2 aliphatic heterocycles. The Hall–Kier alpha value is -2.24. The van der Waals surface area contributed by atoms with Gasteiger partial charge < -0.3 is 19.4 Å². The van der Waals surface area contributed by atoms with Crippen LogP contribution in [-0.2, 0) is 17.6 Å². The standard InChI is InChI=1S/C21H29N3O3/c25-20(16-27-19-8-7-17-5-4-6-18(17)15-19)22-11-13-24(14-12-22)21(26)23-9-2-1-3-10-23/h7-8,15H,1-6,9-14,16H2. The highest BCUT2D eigenvalue weighted by atomic mass is 16.5. The second kappa shape index (κ2) is 8.19. The van der Waals surface area contributed by atoms with Gasteiger partial charge in [0.15, 0.2) is 6.61 Å². The molecular weight excluding hydrogens is 342 g/mol. The smallest absolute Gasteiger partial charge is 0.320 e. The quantitative estimate of drug-likeness (QED) is 0.819. The van der Waals surface area contributed by atoms with Gasteiger partial charge in [0, 0.05) is 39.3 Å². The molecule has 0 bridgehead atoms. The van der Waals surface area contributed by atoms with Crippen molar-refractivity contribution in [3.63, 3.8) is 0 Å². The van der Waals surface area contributed by atoms with Gasteiger partial charge in [0.1, 0.15) is 5.75 Å². The summed E-state index contributed by atoms with van der Waals surface area (Å²) in [6.45, 7) is 4.20. The number of carbonyl (C=O) groups is 2. The van der Waals surface area contributed by atoms with Gasteiger partial charge in [-0.25, -0.2) is 4.79 Å². The molecule has 4 rings (SSSR count). The Morgan fingerprint density at radius 2 is 1.44 bits per heavy atom. The zero-order valence-corrected chi connectivity index (χ0v) is 16.0. The van der Waals surface area contributed by atoms with Gasteiger partial charge in [-0.2, -0.15) is 0 Å². The summed E-state index contributed by atoms with van der Waals surface area (Å²) >= 11 is 0. The van der Waals surface area contributed by atoms with Crippen LogP contribution < -0.4 is 4.74 Å². The third-order valence-corrected chi connectivity index (χ3v) is 5.96. The normalized spacial score (nSPS) is 19.8. The van der Waals surface area contributed by atoms with Crippen LogP contribution in [0.1, 0.15) is 36.8 Å². The molecule has 0 aromatic heterocycles. The Kier molecular flexibility index (Phi) is 5.50. The van der Waals surface area contributed by atoms with Crippen LogP contribution in [0.2, 0.25) is 0 Å². The summed E-state index contributed by atoms with van der Waals surface area (Å²) in [4.78, 5) is 30.7. The summed E-state index contributed by atoms with van der Waals surface area (Å²) < 4.78 is 5.74. The van der Waals surface area contributed by atoms with Crippen LogP contribution in [0.3, 0.4) is 0 Å². The van der Waals surface area contributed by atoms with Crippen molar-refractivity contribution in [1.82, 2.24) is 14.7 Å². The molecule has 0 atom stereocenters. The van der Waals surface area contributed by atoms with Gasteiger partial charge in [-0.1, -0.05) is 6.07 Å². The molecule has 1 aromatic rings. The van der Waals surface area contributed by atoms with E-state index in [1.54, 1.807) is 0 Å². The van der Waals surface area contributed by atoms with Crippen molar-refractivity contribution >= 4 is 11.9 Å². The Morgan fingerprint density at radius 1 is 0.778 bits per heavy atom. The van der Waals surface area contributed by atoms with Crippen LogP contribution in [0.4, 0.5) is 4.79 Å². The number of aryl methyl sites for hydroxylation is 2. The summed E-state index contributed by atoms with van der Waals surface area (Å²) in [5, 5.41) is 0. The lowest BCUT2D eigenvalue weighted by Gasteiger charge is -2.38. The number of rotatable bonds is 3. The molecule has 2 heterocycles. The second-order valence-electron chi connectivity index (χ2n) is 7.77. The molecule has 0 N–H and O–H groups in total. The fraction of sp³-hybridized carbons (Fsp3) is 0.619. The number of fused-ring (bicyclic) bond motifs is 1. The summed E-state index contributed by atoms with van der Waals surface area (Å²) in [7, 11) is 0. The van der Waals surface area contributed by atoms with Crippen LogP contribution in [0.25, 0.3) is 0 Å². The van der Waals surface area contributed by atoms with E-state index in [4.69, 9.17) is 4.74 Å². The summed E-state index contributed by atoms with van der Waals surface area (Å²) in [5.74, 6) is 0.781. The van der Waals surface area contributed by atoms with E-state index >= 15 is 0 Å². The minimum Gasteiger partial charge on any atom is -0.484 e. The fourth-order valence-corrected chi connectivity index (χ4v) is 4.31. The van der Waals surface area contributed by atoms with Gasteiger partial charge in [-0.15, -0.1) is 0 Å². The minimum absolute atomic E-state index is 0.000528. The molecule has 3 aliphatic rings. The number of carbonyl (C=O) groups excluding carboxylic acids is 2. The lowest BCUT2D eigenvalue weighted by atomic mass is 10.1. The number of urea groups is 1. The number of piperidine rings is 1. The molecule has 2 fully saturated rings. The van der Waals surface area contributed by atoms with Gasteiger partial charge in [0.05, 0.1) is 0 Å². The van der Waals surface area contributed by atoms with Crippen molar-refractivity contribution in [3.8, 4) is 5.75 Å². The van der Waals surface area contributed by atoms with Gasteiger partial charge in [0.2, 0.25) is 0 Å². The third kappa shape index (κ3) is 4.20. The molecule has 0 radical (unpaired) electrons. The molecule has 2 saturated heterocycles. The Balaban J connectivity index is 1.23. The van der Waals surface area contributed by atoms with Crippen molar-refractivity contribution in [2.45, 2.75) is 38.5 Å². The average Bonchev–Trinajstić information content (AvgIpc) is 3.20. The van der Waals surface area contributed by atoms with E-state index in [1.165, 1.54) is 24.0 Å². The van der Waals surface area contributed by atoms with E-state index in [0.29, 0.717) is 26.2 Å². The van der Waals surface area contributed by atoms with E-state index in [9.17, 15) is 9.59 Å². The predicted molar refractivity (Wildman–Crippen MR) is 103 cm³/mol. The van der Waals surface area contributed by atoms with Crippen LogP contribution in [0.5, 0.6) is 5.75 Å². The van der Waals surface area contributed by atoms with E-state index in [1.807, 2.05) is 20.8 Å². The van der Waals surface area contributed by atoms with E-state index in [0.717, 1.165) is 44.5 Å². The van der Waals surface area contributed by atoms with Crippen molar-refractivity contribution in [2.24, 2.45) is 0 Å². The second-order valence-corrected chi connectivity index (χ2v) is 7.77. The first-order chi connectivity index (χ1) is 13.2. The molecule has 0 saturated carbocycles. The van der Waals surface area contributed by atoms with E-state index in [2.05, 4.69) is 12.1 Å². The predicted octanol–water partition coefficient (Wildman–Crippen LogP) is 2.30. The zero-order chi connectivity index (χ0) is 18.6. The highest BCUT2D eigenvalue weighted by Gasteiger charge is 2.28. The lowest BCUT2D eigenvalue weighted by Crippen LogP contribution is -2.55. The van der Waals surface area contributed by atoms with Crippen molar-refractivity contribution in [1.29, 1.82) is 0 Å². The number of benzene rings is 1. The Bertz CT molecular complexity index is 692. The Labute approximate surface area is 161 Å². The summed E-state index contributed by atoms with van der Waals surface area (Å²) in [5.41, 5.74) is 2.76. The molecule has 3 amide bonds. The molecule has 1 aliphatic carbocycles. The monoisotopic (exact) mass is 371 g/mol. The molecule has 6 nitrogen and oxygen atoms in total. The van der Waals surface area contributed by atoms with Crippen molar-refractivity contribution in [2.75, 3.05) is 45.9 Å². The zero-order valence-electron chi connectivity index (χ0n) is 16.0. The number of ether oxygens (including phenoxy) is 1. The average molecular weight is 371 g/mol. The molecule has 0 unspecified atom stereocenters. The molecule has 6 heteroatoms. The number of nitrogens with zero attached hydrogens (tertiary/aromatic N) is 3. The molecule has 146 valence electrons. The highest BCUT2D eigenvalue weighted by Crippen LogP contribution is 2.26. The maximum atomic E-state index is 12.6. The topological polar surface area (TPSA) is 53.1 Å². The van der Waals surface area contributed by atoms with Crippen molar-refractivity contribution < 1.29 is 14.3 Å². The summed E-state index contributed by atoms with van der Waals surface area (Å²) in [6, 6.07) is 6.29. The Morgan fingerprint density at radius 3 is 2.22 bits per heavy atom. The molecule has 1 aromatic carbocycles. The van der Waals surface area contributed by atoms with Crippen LogP contribution in [-0.4, -0.2) is 72.5 Å².